The number of aromatic nitrogens is 1. The summed E-state index contributed by atoms with van der Waals surface area (Å²) in [6.07, 6.45) is 1.94. The largest absolute Gasteiger partial charge is 0.340 e. The Labute approximate surface area is 171 Å². The van der Waals surface area contributed by atoms with E-state index in [2.05, 4.69) is 26.2 Å². The fourth-order valence-electron chi connectivity index (χ4n) is 2.91. The molecule has 0 spiro atoms. The molecule has 1 aliphatic rings. The third-order valence-corrected chi connectivity index (χ3v) is 5.22. The zero-order chi connectivity index (χ0) is 19.2. The molecule has 0 atom stereocenters. The van der Waals surface area contributed by atoms with Crippen molar-refractivity contribution < 1.29 is 9.59 Å². The molecular weight excluding hydrogens is 432 g/mol. The van der Waals surface area contributed by atoms with E-state index >= 15 is 0 Å². The molecule has 1 fully saturated rings. The fourth-order valence-corrected chi connectivity index (χ4v) is 3.34. The molecule has 0 radical (unpaired) electrons. The van der Waals surface area contributed by atoms with Crippen LogP contribution in [-0.4, -0.2) is 59.3 Å². The molecule has 1 aromatic heterocycles. The Morgan fingerprint density at radius 1 is 1.11 bits per heavy atom. The van der Waals surface area contributed by atoms with E-state index in [1.807, 2.05) is 34.1 Å². The monoisotopic (exact) mass is 450 g/mol. The normalized spacial score (nSPS) is 14.8. The summed E-state index contributed by atoms with van der Waals surface area (Å²) in [5.74, 6) is 0.476. The summed E-state index contributed by atoms with van der Waals surface area (Å²) in [5.41, 5.74) is 0.841. The zero-order valence-electron chi connectivity index (χ0n) is 14.7. The van der Waals surface area contributed by atoms with E-state index in [1.54, 1.807) is 18.3 Å². The number of carbonyl (C=O) groups is 2. The maximum absolute atomic E-state index is 12.5. The maximum atomic E-state index is 12.5. The molecule has 2 heterocycles. The van der Waals surface area contributed by atoms with Crippen molar-refractivity contribution in [3.8, 4) is 0 Å². The van der Waals surface area contributed by atoms with Crippen LogP contribution in [0.1, 0.15) is 5.56 Å². The average molecular weight is 452 g/mol. The lowest BCUT2D eigenvalue weighted by Gasteiger charge is -2.34. The molecule has 2 amide bonds. The Balaban J connectivity index is 1.44. The number of amides is 2. The topological polar surface area (TPSA) is 65.5 Å². The molecule has 6 nitrogen and oxygen atoms in total. The molecule has 0 bridgehead atoms. The molecule has 142 valence electrons. The second-order valence-corrected chi connectivity index (χ2v) is 7.66. The highest BCUT2D eigenvalue weighted by molar-refractivity contribution is 9.10. The Morgan fingerprint density at radius 3 is 2.52 bits per heavy atom. The van der Waals surface area contributed by atoms with Crippen LogP contribution in [0, 0.1) is 0 Å². The molecule has 27 heavy (non-hydrogen) atoms. The standard InChI is InChI=1S/C19H20BrClN4O2/c20-15-5-6-17(22-12-15)23-18(26)13-24-7-9-25(10-8-24)19(27)11-14-3-1-2-4-16(14)21/h1-6,12H,7-11,13H2,(H,22,23,26). The number of rotatable bonds is 5. The number of benzene rings is 1. The van der Waals surface area contributed by atoms with Gasteiger partial charge in [-0.15, -0.1) is 0 Å². The van der Waals surface area contributed by atoms with Crippen molar-refractivity contribution in [2.24, 2.45) is 0 Å². The molecule has 0 aliphatic carbocycles. The van der Waals surface area contributed by atoms with E-state index in [9.17, 15) is 9.59 Å². The van der Waals surface area contributed by atoms with Gasteiger partial charge < -0.3 is 10.2 Å². The third-order valence-electron chi connectivity index (χ3n) is 4.39. The van der Waals surface area contributed by atoms with Gasteiger partial charge in [0, 0.05) is 41.9 Å². The molecule has 0 unspecified atom stereocenters. The first kappa shape index (κ1) is 19.8. The number of nitrogens with zero attached hydrogens (tertiary/aromatic N) is 3. The van der Waals surface area contributed by atoms with Gasteiger partial charge in [-0.2, -0.15) is 0 Å². The van der Waals surface area contributed by atoms with Crippen molar-refractivity contribution >= 4 is 45.2 Å². The number of pyridine rings is 1. The number of nitrogens with one attached hydrogen (secondary N) is 1. The van der Waals surface area contributed by atoms with Crippen LogP contribution >= 0.6 is 27.5 Å². The Bertz CT molecular complexity index is 808. The van der Waals surface area contributed by atoms with E-state index < -0.39 is 0 Å². The van der Waals surface area contributed by atoms with Crippen molar-refractivity contribution in [1.29, 1.82) is 0 Å². The van der Waals surface area contributed by atoms with Gasteiger partial charge >= 0.3 is 0 Å². The minimum absolute atomic E-state index is 0.0614. The first-order chi connectivity index (χ1) is 13.0. The van der Waals surface area contributed by atoms with Crippen LogP contribution in [0.5, 0.6) is 0 Å². The van der Waals surface area contributed by atoms with Crippen LogP contribution in [0.2, 0.25) is 5.02 Å². The van der Waals surface area contributed by atoms with Crippen LogP contribution in [0.3, 0.4) is 0 Å². The van der Waals surface area contributed by atoms with E-state index in [1.165, 1.54) is 0 Å². The SMILES string of the molecule is O=C(CN1CCN(C(=O)Cc2ccccc2Cl)CC1)Nc1ccc(Br)cn1. The summed E-state index contributed by atoms with van der Waals surface area (Å²) in [7, 11) is 0. The van der Waals surface area contributed by atoms with Crippen LogP contribution in [-0.2, 0) is 16.0 Å². The minimum atomic E-state index is -0.110. The first-order valence-electron chi connectivity index (χ1n) is 8.66. The van der Waals surface area contributed by atoms with Gasteiger partial charge in [0.1, 0.15) is 5.82 Å². The molecule has 3 rings (SSSR count). The van der Waals surface area contributed by atoms with Crippen molar-refractivity contribution in [2.75, 3.05) is 38.0 Å². The van der Waals surface area contributed by atoms with Gasteiger partial charge in [0.2, 0.25) is 11.8 Å². The van der Waals surface area contributed by atoms with Gasteiger partial charge in [-0.1, -0.05) is 29.8 Å². The number of piperazine rings is 1. The van der Waals surface area contributed by atoms with Gasteiger partial charge in [0.15, 0.2) is 0 Å². The highest BCUT2D eigenvalue weighted by Gasteiger charge is 2.23. The smallest absolute Gasteiger partial charge is 0.239 e. The van der Waals surface area contributed by atoms with Crippen LogP contribution in [0.25, 0.3) is 0 Å². The minimum Gasteiger partial charge on any atom is -0.340 e. The summed E-state index contributed by atoms with van der Waals surface area (Å²) < 4.78 is 0.859. The molecule has 1 aromatic carbocycles. The summed E-state index contributed by atoms with van der Waals surface area (Å²) in [6.45, 7) is 2.81. The van der Waals surface area contributed by atoms with Crippen molar-refractivity contribution in [2.45, 2.75) is 6.42 Å². The van der Waals surface area contributed by atoms with E-state index in [4.69, 9.17) is 11.6 Å². The van der Waals surface area contributed by atoms with Crippen LogP contribution in [0.15, 0.2) is 47.1 Å². The summed E-state index contributed by atoms with van der Waals surface area (Å²) in [4.78, 5) is 32.6. The number of hydrogen-bond acceptors (Lipinski definition) is 4. The number of hydrogen-bond donors (Lipinski definition) is 1. The van der Waals surface area contributed by atoms with Gasteiger partial charge in [0.25, 0.3) is 0 Å². The third kappa shape index (κ3) is 5.76. The highest BCUT2D eigenvalue weighted by Crippen LogP contribution is 2.17. The number of halogens is 2. The molecule has 1 aliphatic heterocycles. The van der Waals surface area contributed by atoms with Gasteiger partial charge in [0.05, 0.1) is 13.0 Å². The summed E-state index contributed by atoms with van der Waals surface area (Å²) in [5, 5.41) is 3.40. The molecule has 1 saturated heterocycles. The molecule has 1 N–H and O–H groups in total. The van der Waals surface area contributed by atoms with Gasteiger partial charge in [-0.25, -0.2) is 4.98 Å². The number of carbonyl (C=O) groups excluding carboxylic acids is 2. The Morgan fingerprint density at radius 2 is 1.85 bits per heavy atom. The molecule has 2 aromatic rings. The molecular formula is C19H20BrClN4O2. The summed E-state index contributed by atoms with van der Waals surface area (Å²) >= 11 is 9.44. The molecule has 8 heteroatoms. The quantitative estimate of drug-likeness (QED) is 0.759. The van der Waals surface area contributed by atoms with E-state index in [0.29, 0.717) is 43.4 Å². The Kier molecular flexibility index (Phi) is 6.82. The van der Waals surface area contributed by atoms with Crippen LogP contribution in [0.4, 0.5) is 5.82 Å². The Hall–Kier alpha value is -1.96. The lowest BCUT2D eigenvalue weighted by atomic mass is 10.1. The predicted molar refractivity (Wildman–Crippen MR) is 109 cm³/mol. The van der Waals surface area contributed by atoms with Gasteiger partial charge in [-0.3, -0.25) is 14.5 Å². The fraction of sp³-hybridized carbons (Fsp3) is 0.316. The van der Waals surface area contributed by atoms with E-state index in [0.717, 1.165) is 10.0 Å². The predicted octanol–water partition coefficient (Wildman–Crippen LogP) is 2.82. The van der Waals surface area contributed by atoms with Crippen molar-refractivity contribution in [3.05, 3.63) is 57.7 Å². The summed E-state index contributed by atoms with van der Waals surface area (Å²) in [6, 6.07) is 11.0. The second kappa shape index (κ2) is 9.30. The maximum Gasteiger partial charge on any atom is 0.239 e. The highest BCUT2D eigenvalue weighted by atomic mass is 79.9. The van der Waals surface area contributed by atoms with E-state index in [-0.39, 0.29) is 18.4 Å². The van der Waals surface area contributed by atoms with Gasteiger partial charge in [-0.05, 0) is 39.7 Å². The van der Waals surface area contributed by atoms with Crippen molar-refractivity contribution in [1.82, 2.24) is 14.8 Å². The number of anilines is 1. The lowest BCUT2D eigenvalue weighted by Crippen LogP contribution is -2.50. The average Bonchev–Trinajstić information content (AvgIpc) is 2.66. The second-order valence-electron chi connectivity index (χ2n) is 6.33. The zero-order valence-corrected chi connectivity index (χ0v) is 17.0. The first-order valence-corrected chi connectivity index (χ1v) is 9.83. The lowest BCUT2D eigenvalue weighted by molar-refractivity contribution is -0.132. The van der Waals surface area contributed by atoms with Crippen molar-refractivity contribution in [3.63, 3.8) is 0 Å². The van der Waals surface area contributed by atoms with Crippen LogP contribution < -0.4 is 5.32 Å². The molecule has 0 saturated carbocycles.